The zero-order valence-electron chi connectivity index (χ0n) is 17.1. The van der Waals surface area contributed by atoms with Crippen LogP contribution in [-0.2, 0) is 14.3 Å². The molecule has 3 aliphatic rings. The number of methoxy groups -OCH3 is 2. The molecule has 0 N–H and O–H groups in total. The van der Waals surface area contributed by atoms with Crippen molar-refractivity contribution in [3.05, 3.63) is 29.3 Å². The molecule has 3 fully saturated rings. The lowest BCUT2D eigenvalue weighted by molar-refractivity contribution is -0.139. The zero-order chi connectivity index (χ0) is 20.9. The minimum absolute atomic E-state index is 0.0320. The molecule has 1 aromatic rings. The molecule has 4 rings (SSSR count). The largest absolute Gasteiger partial charge is 0.497 e. The van der Waals surface area contributed by atoms with Crippen LogP contribution in [0.5, 0.6) is 5.75 Å². The highest BCUT2D eigenvalue weighted by molar-refractivity contribution is 5.99. The maximum atomic E-state index is 13.4. The lowest BCUT2D eigenvalue weighted by Gasteiger charge is -2.34. The highest BCUT2D eigenvalue weighted by atomic mass is 16.5. The molecule has 3 saturated heterocycles. The van der Waals surface area contributed by atoms with Crippen LogP contribution in [0.25, 0.3) is 0 Å². The third-order valence-corrected chi connectivity index (χ3v) is 6.33. The first-order valence-electron chi connectivity index (χ1n) is 9.87. The normalized spacial score (nSPS) is 28.0. The first-order chi connectivity index (χ1) is 13.8. The predicted molar refractivity (Wildman–Crippen MR) is 103 cm³/mol. The van der Waals surface area contributed by atoms with Crippen LogP contribution in [0.1, 0.15) is 47.4 Å². The Labute approximate surface area is 169 Å². The number of nitrogens with zero attached hydrogens (tertiary/aromatic N) is 2. The number of hydrogen-bond acceptors (Lipinski definition) is 6. The Morgan fingerprint density at radius 1 is 1.21 bits per heavy atom. The second kappa shape index (κ2) is 7.02. The Morgan fingerprint density at radius 3 is 2.59 bits per heavy atom. The number of hydrogen-bond donors (Lipinski definition) is 0. The highest BCUT2D eigenvalue weighted by Crippen LogP contribution is 2.49. The number of carbonyl (C=O) groups excluding carboxylic acids is 3. The van der Waals surface area contributed by atoms with E-state index in [9.17, 15) is 14.4 Å². The molecule has 8 nitrogen and oxygen atoms in total. The molecule has 0 unspecified atom stereocenters. The van der Waals surface area contributed by atoms with Crippen molar-refractivity contribution in [2.24, 2.45) is 5.92 Å². The summed E-state index contributed by atoms with van der Waals surface area (Å²) >= 11 is 0. The van der Waals surface area contributed by atoms with Gasteiger partial charge in [-0.25, -0.2) is 4.79 Å². The number of rotatable bonds is 4. The van der Waals surface area contributed by atoms with Gasteiger partial charge in [0.2, 0.25) is 5.91 Å². The van der Waals surface area contributed by atoms with E-state index in [1.807, 2.05) is 4.90 Å². The van der Waals surface area contributed by atoms with Gasteiger partial charge in [0.05, 0.1) is 44.9 Å². The van der Waals surface area contributed by atoms with E-state index in [0.29, 0.717) is 30.9 Å². The predicted octanol–water partition coefficient (Wildman–Crippen LogP) is 1.68. The number of benzene rings is 1. The Bertz CT molecular complexity index is 869. The van der Waals surface area contributed by atoms with Crippen LogP contribution < -0.4 is 4.74 Å². The summed E-state index contributed by atoms with van der Waals surface area (Å²) in [4.78, 5) is 41.7. The molecule has 0 saturated carbocycles. The fraction of sp³-hybridized carbons (Fsp3) is 0.571. The van der Waals surface area contributed by atoms with E-state index in [2.05, 4.69) is 13.8 Å². The minimum Gasteiger partial charge on any atom is -0.497 e. The molecule has 1 spiro atoms. The average molecular weight is 402 g/mol. The van der Waals surface area contributed by atoms with Crippen molar-refractivity contribution in [2.45, 2.75) is 44.5 Å². The Hall–Kier alpha value is -2.61. The fourth-order valence-electron chi connectivity index (χ4n) is 4.86. The van der Waals surface area contributed by atoms with E-state index in [1.165, 1.54) is 26.4 Å². The topological polar surface area (TPSA) is 85.4 Å². The van der Waals surface area contributed by atoms with E-state index in [4.69, 9.17) is 14.2 Å². The van der Waals surface area contributed by atoms with Crippen molar-refractivity contribution in [3.63, 3.8) is 0 Å². The molecule has 3 aliphatic heterocycles. The lowest BCUT2D eigenvalue weighted by atomic mass is 10.0. The van der Waals surface area contributed by atoms with Gasteiger partial charge in [0.1, 0.15) is 5.75 Å². The summed E-state index contributed by atoms with van der Waals surface area (Å²) in [7, 11) is 2.76. The number of likely N-dealkylation sites (tertiary alicyclic amines) is 1. The number of esters is 1. The van der Waals surface area contributed by atoms with Crippen molar-refractivity contribution in [2.75, 3.05) is 27.4 Å². The summed E-state index contributed by atoms with van der Waals surface area (Å²) in [6.07, 6.45) is 0.842. The Kier molecular flexibility index (Phi) is 4.77. The SMILES string of the molecule is COC(=O)c1cc(OC)cc(C(=O)N2CC[C@@]34OC[C@@H](C(C)C)N3C(=O)C[C@@H]24)c1. The minimum atomic E-state index is -0.730. The smallest absolute Gasteiger partial charge is 0.338 e. The van der Waals surface area contributed by atoms with Gasteiger partial charge in [-0.1, -0.05) is 13.8 Å². The Morgan fingerprint density at radius 2 is 1.93 bits per heavy atom. The first kappa shape index (κ1) is 19.7. The maximum Gasteiger partial charge on any atom is 0.338 e. The second-order valence-corrected chi connectivity index (χ2v) is 8.14. The van der Waals surface area contributed by atoms with Crippen molar-refractivity contribution in [1.29, 1.82) is 0 Å². The van der Waals surface area contributed by atoms with Crippen molar-refractivity contribution < 1.29 is 28.6 Å². The first-order valence-corrected chi connectivity index (χ1v) is 9.87. The molecule has 0 bridgehead atoms. The molecule has 29 heavy (non-hydrogen) atoms. The van der Waals surface area contributed by atoms with Gasteiger partial charge in [-0.05, 0) is 24.1 Å². The monoisotopic (exact) mass is 402 g/mol. The van der Waals surface area contributed by atoms with Crippen LogP contribution in [0.3, 0.4) is 0 Å². The highest BCUT2D eigenvalue weighted by Gasteiger charge is 2.65. The van der Waals surface area contributed by atoms with Crippen LogP contribution in [-0.4, -0.2) is 72.8 Å². The van der Waals surface area contributed by atoms with Crippen LogP contribution in [0.4, 0.5) is 0 Å². The van der Waals surface area contributed by atoms with E-state index in [-0.39, 0.29) is 41.8 Å². The molecule has 8 heteroatoms. The van der Waals surface area contributed by atoms with Crippen molar-refractivity contribution >= 4 is 17.8 Å². The van der Waals surface area contributed by atoms with E-state index >= 15 is 0 Å². The van der Waals surface area contributed by atoms with Gasteiger partial charge in [-0.2, -0.15) is 0 Å². The van der Waals surface area contributed by atoms with Gasteiger partial charge >= 0.3 is 5.97 Å². The second-order valence-electron chi connectivity index (χ2n) is 8.14. The molecule has 1 aromatic carbocycles. The van der Waals surface area contributed by atoms with E-state index in [1.54, 1.807) is 11.0 Å². The summed E-state index contributed by atoms with van der Waals surface area (Å²) in [5, 5.41) is 0. The average Bonchev–Trinajstić information content (AvgIpc) is 3.35. The third-order valence-electron chi connectivity index (χ3n) is 6.33. The zero-order valence-corrected chi connectivity index (χ0v) is 17.1. The van der Waals surface area contributed by atoms with Gasteiger partial charge in [0.15, 0.2) is 5.72 Å². The third kappa shape index (κ3) is 2.88. The number of carbonyl (C=O) groups is 3. The van der Waals surface area contributed by atoms with Gasteiger partial charge in [0.25, 0.3) is 5.91 Å². The molecule has 0 aliphatic carbocycles. The lowest BCUT2D eigenvalue weighted by Crippen LogP contribution is -2.51. The van der Waals surface area contributed by atoms with E-state index in [0.717, 1.165) is 0 Å². The standard InChI is InChI=1S/C21H26N2O6/c1-12(2)16-11-29-21-5-6-22(17(21)10-18(24)23(16)21)19(25)13-7-14(20(26)28-4)9-15(8-13)27-3/h7-9,12,16-17H,5-6,10-11H2,1-4H3/t16-,17+,21-/m0/s1. The molecular formula is C21H26N2O6. The summed E-state index contributed by atoms with van der Waals surface area (Å²) < 4.78 is 16.2. The number of ether oxygens (including phenoxy) is 3. The van der Waals surface area contributed by atoms with E-state index < -0.39 is 11.7 Å². The van der Waals surface area contributed by atoms with Crippen molar-refractivity contribution in [3.8, 4) is 5.75 Å². The van der Waals surface area contributed by atoms with Crippen LogP contribution in [0, 0.1) is 5.92 Å². The molecule has 156 valence electrons. The molecule has 0 aromatic heterocycles. The Balaban J connectivity index is 1.65. The molecule has 2 amide bonds. The van der Waals surface area contributed by atoms with Gasteiger partial charge in [-0.15, -0.1) is 0 Å². The molecular weight excluding hydrogens is 376 g/mol. The van der Waals surface area contributed by atoms with Crippen LogP contribution >= 0.6 is 0 Å². The summed E-state index contributed by atoms with van der Waals surface area (Å²) in [6.45, 7) is 5.14. The molecule has 3 heterocycles. The summed E-state index contributed by atoms with van der Waals surface area (Å²) in [5.74, 6) is -0.0853. The quantitative estimate of drug-likeness (QED) is 0.713. The van der Waals surface area contributed by atoms with Gasteiger partial charge in [0, 0.05) is 18.5 Å². The fourth-order valence-corrected chi connectivity index (χ4v) is 4.86. The molecule has 0 radical (unpaired) electrons. The summed E-state index contributed by atoms with van der Waals surface area (Å²) in [6, 6.07) is 4.33. The van der Waals surface area contributed by atoms with Crippen molar-refractivity contribution in [1.82, 2.24) is 9.80 Å². The van der Waals surface area contributed by atoms with Crippen LogP contribution in [0.2, 0.25) is 0 Å². The maximum absolute atomic E-state index is 13.4. The molecule has 3 atom stereocenters. The van der Waals surface area contributed by atoms with Gasteiger partial charge in [-0.3, -0.25) is 9.59 Å². The number of amides is 2. The summed E-state index contributed by atoms with van der Waals surface area (Å²) in [5.41, 5.74) is -0.164. The van der Waals surface area contributed by atoms with Crippen LogP contribution in [0.15, 0.2) is 18.2 Å². The van der Waals surface area contributed by atoms with Gasteiger partial charge < -0.3 is 24.0 Å².